The lowest BCUT2D eigenvalue weighted by Crippen LogP contribution is -2.49. The Morgan fingerprint density at radius 1 is 0.717 bits per heavy atom. The van der Waals surface area contributed by atoms with Crippen LogP contribution in [0.5, 0.6) is 11.5 Å². The summed E-state index contributed by atoms with van der Waals surface area (Å²) >= 11 is 0. The third-order valence-corrected chi connectivity index (χ3v) is 7.99. The van der Waals surface area contributed by atoms with E-state index in [0.717, 1.165) is 18.4 Å². The number of hydrogen-bond donors (Lipinski definition) is 4. The fourth-order valence-electron chi connectivity index (χ4n) is 5.15. The van der Waals surface area contributed by atoms with Crippen molar-refractivity contribution in [2.24, 2.45) is 0 Å². The summed E-state index contributed by atoms with van der Waals surface area (Å²) in [6.07, 6.45) is 5.71. The van der Waals surface area contributed by atoms with Crippen molar-refractivity contribution in [2.45, 2.75) is 58.1 Å². The lowest BCUT2D eigenvalue weighted by Gasteiger charge is -2.18. The molecule has 12 heteroatoms. The van der Waals surface area contributed by atoms with Gasteiger partial charge in [0.05, 0.1) is 18.8 Å². The van der Waals surface area contributed by atoms with Crippen molar-refractivity contribution >= 4 is 35.3 Å². The van der Waals surface area contributed by atoms with Crippen LogP contribution in [0.4, 0.5) is 5.69 Å². The number of esters is 1. The van der Waals surface area contributed by atoms with Crippen LogP contribution in [-0.2, 0) is 32.1 Å². The van der Waals surface area contributed by atoms with Crippen LogP contribution in [-0.4, -0.2) is 60.6 Å². The maximum absolute atomic E-state index is 13.1. The van der Waals surface area contributed by atoms with E-state index < -0.39 is 36.3 Å². The van der Waals surface area contributed by atoms with Gasteiger partial charge in [-0.3, -0.25) is 19.2 Å². The van der Waals surface area contributed by atoms with E-state index >= 15 is 0 Å². The molecule has 4 aromatic carbocycles. The zero-order chi connectivity index (χ0) is 37.8. The smallest absolute Gasteiger partial charge is 0.343 e. The Balaban J connectivity index is 1.29. The maximum Gasteiger partial charge on any atom is 0.343 e. The Hall–Kier alpha value is -6.01. The van der Waals surface area contributed by atoms with E-state index in [2.05, 4.69) is 22.9 Å². The first-order chi connectivity index (χ1) is 25.7. The van der Waals surface area contributed by atoms with Gasteiger partial charge < -0.3 is 35.3 Å². The number of aliphatic carboxylic acids is 1. The maximum atomic E-state index is 13.1. The van der Waals surface area contributed by atoms with E-state index in [1.54, 1.807) is 60.7 Å². The van der Waals surface area contributed by atoms with Gasteiger partial charge in [-0.15, -0.1) is 0 Å². The molecule has 1 unspecified atom stereocenters. The first kappa shape index (κ1) is 39.8. The zero-order valence-electron chi connectivity index (χ0n) is 29.7. The molecular weight excluding hydrogens is 678 g/mol. The number of anilines is 1. The number of rotatable bonds is 21. The van der Waals surface area contributed by atoms with Gasteiger partial charge in [0.2, 0.25) is 11.8 Å². The van der Waals surface area contributed by atoms with Crippen molar-refractivity contribution in [3.05, 3.63) is 125 Å². The highest BCUT2D eigenvalue weighted by molar-refractivity contribution is 5.99. The molecule has 0 aliphatic carbocycles. The molecular formula is C41H45N3O9. The summed E-state index contributed by atoms with van der Waals surface area (Å²) < 4.78 is 16.7. The molecule has 0 aliphatic heterocycles. The number of carbonyl (C=O) groups is 5. The molecule has 4 N–H and O–H groups in total. The molecule has 0 fully saturated rings. The highest BCUT2D eigenvalue weighted by Crippen LogP contribution is 2.19. The third kappa shape index (κ3) is 14.3. The van der Waals surface area contributed by atoms with Gasteiger partial charge in [-0.25, -0.2) is 4.79 Å². The average Bonchev–Trinajstić information content (AvgIpc) is 3.16. The fourth-order valence-corrected chi connectivity index (χ4v) is 5.15. The van der Waals surface area contributed by atoms with Crippen molar-refractivity contribution in [1.82, 2.24) is 10.6 Å². The second-order valence-corrected chi connectivity index (χ2v) is 12.3. The molecule has 278 valence electrons. The summed E-state index contributed by atoms with van der Waals surface area (Å²) in [7, 11) is 0. The summed E-state index contributed by atoms with van der Waals surface area (Å²) in [6.45, 7) is 2.30. The van der Waals surface area contributed by atoms with E-state index in [0.29, 0.717) is 29.2 Å². The van der Waals surface area contributed by atoms with Gasteiger partial charge in [0.1, 0.15) is 30.7 Å². The lowest BCUT2D eigenvalue weighted by atomic mass is 10.0. The van der Waals surface area contributed by atoms with E-state index in [9.17, 15) is 24.0 Å². The van der Waals surface area contributed by atoms with E-state index in [1.165, 1.54) is 31.4 Å². The van der Waals surface area contributed by atoms with Crippen LogP contribution in [0.2, 0.25) is 0 Å². The lowest BCUT2D eigenvalue weighted by molar-refractivity contribution is -0.138. The minimum atomic E-state index is -1.24. The second-order valence-electron chi connectivity index (χ2n) is 12.3. The molecule has 4 aromatic rings. The van der Waals surface area contributed by atoms with Crippen molar-refractivity contribution in [3.8, 4) is 11.5 Å². The van der Waals surface area contributed by atoms with E-state index in [-0.39, 0.29) is 36.9 Å². The van der Waals surface area contributed by atoms with E-state index in [4.69, 9.17) is 19.3 Å². The number of carbonyl (C=O) groups excluding carboxylic acids is 4. The largest absolute Gasteiger partial charge is 0.494 e. The Morgan fingerprint density at radius 3 is 2.06 bits per heavy atom. The summed E-state index contributed by atoms with van der Waals surface area (Å²) in [5, 5.41) is 16.7. The predicted molar refractivity (Wildman–Crippen MR) is 199 cm³/mol. The standard InChI is InChI=1S/C41H45N3O9/c1-2-3-4-5-9-24-52-34-22-16-32(17-23-34)41(50)53-35-20-12-29(13-21-35)25-36(40(49)42-26-38(46)47)44-39(48)31-14-18-33(19-15-31)43-37(45)28-51-27-30-10-7-6-8-11-30/h6-8,10-23,36H,2-5,9,24-28H2,1H3,(H,42,49)(H,43,45)(H,44,48)(H,46,47). The van der Waals surface area contributed by atoms with Crippen molar-refractivity contribution in [2.75, 3.05) is 25.1 Å². The van der Waals surface area contributed by atoms with Crippen LogP contribution < -0.4 is 25.4 Å². The zero-order valence-corrected chi connectivity index (χ0v) is 29.7. The number of ether oxygens (including phenoxy) is 3. The number of hydrogen-bond acceptors (Lipinski definition) is 8. The van der Waals surface area contributed by atoms with Crippen molar-refractivity contribution in [3.63, 3.8) is 0 Å². The monoisotopic (exact) mass is 723 g/mol. The fraction of sp³-hybridized carbons (Fsp3) is 0.293. The van der Waals surface area contributed by atoms with Gasteiger partial charge in [0.15, 0.2) is 0 Å². The molecule has 0 saturated heterocycles. The molecule has 0 saturated carbocycles. The summed E-state index contributed by atoms with van der Waals surface area (Å²) in [4.78, 5) is 62.2. The van der Waals surface area contributed by atoms with Crippen LogP contribution in [0.1, 0.15) is 70.9 Å². The van der Waals surface area contributed by atoms with Crippen LogP contribution >= 0.6 is 0 Å². The Morgan fingerprint density at radius 2 is 1.38 bits per heavy atom. The average molecular weight is 724 g/mol. The van der Waals surface area contributed by atoms with Gasteiger partial charge in [0, 0.05) is 17.7 Å². The van der Waals surface area contributed by atoms with Crippen molar-refractivity contribution < 1.29 is 43.3 Å². The van der Waals surface area contributed by atoms with E-state index in [1.807, 2.05) is 30.3 Å². The highest BCUT2D eigenvalue weighted by Gasteiger charge is 2.23. The van der Waals surface area contributed by atoms with Crippen LogP contribution in [0.3, 0.4) is 0 Å². The number of carboxylic acid groups (broad SMARTS) is 1. The molecule has 0 bridgehead atoms. The second kappa shape index (κ2) is 21.4. The predicted octanol–water partition coefficient (Wildman–Crippen LogP) is 5.95. The van der Waals surface area contributed by atoms with Crippen LogP contribution in [0.25, 0.3) is 0 Å². The molecule has 12 nitrogen and oxygen atoms in total. The third-order valence-electron chi connectivity index (χ3n) is 7.99. The minimum absolute atomic E-state index is 0.0165. The molecule has 0 aromatic heterocycles. The Kier molecular flexibility index (Phi) is 16.0. The van der Waals surface area contributed by atoms with Crippen molar-refractivity contribution in [1.29, 1.82) is 0 Å². The number of unbranched alkanes of at least 4 members (excludes halogenated alkanes) is 4. The van der Waals surface area contributed by atoms with Gasteiger partial charge in [0.25, 0.3) is 5.91 Å². The quantitative estimate of drug-likeness (QED) is 0.0461. The van der Waals surface area contributed by atoms with Gasteiger partial charge in [-0.1, -0.05) is 75.1 Å². The molecule has 4 rings (SSSR count). The first-order valence-electron chi connectivity index (χ1n) is 17.6. The highest BCUT2D eigenvalue weighted by atomic mass is 16.5. The molecule has 1 atom stereocenters. The number of nitrogens with one attached hydrogen (secondary N) is 3. The summed E-state index contributed by atoms with van der Waals surface area (Å²) in [5.74, 6) is -2.48. The topological polar surface area (TPSA) is 169 Å². The van der Waals surface area contributed by atoms with Gasteiger partial charge in [-0.05, 0) is 78.2 Å². The van der Waals surface area contributed by atoms with Crippen LogP contribution in [0, 0.1) is 0 Å². The number of benzene rings is 4. The minimum Gasteiger partial charge on any atom is -0.494 e. The summed E-state index contributed by atoms with van der Waals surface area (Å²) in [6, 6.07) is 27.5. The summed E-state index contributed by atoms with van der Waals surface area (Å²) in [5.41, 5.74) is 2.56. The molecule has 0 heterocycles. The molecule has 0 radical (unpaired) electrons. The normalized spacial score (nSPS) is 11.2. The molecule has 53 heavy (non-hydrogen) atoms. The number of amides is 3. The van der Waals surface area contributed by atoms with Gasteiger partial charge >= 0.3 is 11.9 Å². The number of carboxylic acids is 1. The molecule has 0 spiro atoms. The Labute approximate surface area is 308 Å². The first-order valence-corrected chi connectivity index (χ1v) is 17.6. The Bertz CT molecular complexity index is 1780. The van der Waals surface area contributed by atoms with Gasteiger partial charge in [-0.2, -0.15) is 0 Å². The van der Waals surface area contributed by atoms with Crippen LogP contribution in [0.15, 0.2) is 103 Å². The molecule has 3 amide bonds. The molecule has 0 aliphatic rings. The SMILES string of the molecule is CCCCCCCOc1ccc(C(=O)Oc2ccc(CC(NC(=O)c3ccc(NC(=O)COCc4ccccc4)cc3)C(=O)NCC(=O)O)cc2)cc1.